The van der Waals surface area contributed by atoms with E-state index >= 15 is 0 Å². The molecule has 0 amide bonds. The van der Waals surface area contributed by atoms with Crippen molar-refractivity contribution in [2.75, 3.05) is 42.8 Å². The number of aryl methyl sites for hydroxylation is 1. The van der Waals surface area contributed by atoms with Crippen LogP contribution in [0.25, 0.3) is 0 Å². The van der Waals surface area contributed by atoms with Crippen LogP contribution in [-0.2, 0) is 16.4 Å². The van der Waals surface area contributed by atoms with Crippen LogP contribution in [0, 0.1) is 0 Å². The molecule has 0 radical (unpaired) electrons. The van der Waals surface area contributed by atoms with E-state index in [1.54, 1.807) is 24.3 Å². The van der Waals surface area contributed by atoms with E-state index in [2.05, 4.69) is 31.8 Å². The number of nitrogens with zero attached hydrogens (tertiary/aromatic N) is 4. The fourth-order valence-corrected chi connectivity index (χ4v) is 3.68. The predicted octanol–water partition coefficient (Wildman–Crippen LogP) is 1.59. The lowest BCUT2D eigenvalue weighted by atomic mass is 10.2. The van der Waals surface area contributed by atoms with Gasteiger partial charge in [-0.15, -0.1) is 10.2 Å². The fourth-order valence-electron chi connectivity index (χ4n) is 2.68. The number of rotatable bonds is 5. The standard InChI is InChI=1S/C17H23N5O2S/c1-3-14-4-6-15(7-5-14)25(23,24)20-16-8-9-17(19-18-16)22-12-10-21(2)11-13-22/h4-9H,3,10-13H2,1-2H3,(H,18,20). The Morgan fingerprint density at radius 1 is 1.00 bits per heavy atom. The molecular formula is C17H23N5O2S. The number of nitrogens with one attached hydrogen (secondary N) is 1. The number of hydrogen-bond donors (Lipinski definition) is 1. The molecule has 0 atom stereocenters. The van der Waals surface area contributed by atoms with Crippen LogP contribution in [-0.4, -0.2) is 56.7 Å². The molecule has 8 heteroatoms. The molecular weight excluding hydrogens is 338 g/mol. The van der Waals surface area contributed by atoms with E-state index in [1.807, 2.05) is 19.1 Å². The highest BCUT2D eigenvalue weighted by Gasteiger charge is 2.17. The lowest BCUT2D eigenvalue weighted by Crippen LogP contribution is -2.44. The van der Waals surface area contributed by atoms with Gasteiger partial charge in [0.15, 0.2) is 11.6 Å². The Labute approximate surface area is 148 Å². The molecule has 2 heterocycles. The molecule has 7 nitrogen and oxygen atoms in total. The zero-order valence-corrected chi connectivity index (χ0v) is 15.3. The predicted molar refractivity (Wildman–Crippen MR) is 98.4 cm³/mol. The lowest BCUT2D eigenvalue weighted by molar-refractivity contribution is 0.312. The first-order valence-electron chi connectivity index (χ1n) is 8.37. The Kier molecular flexibility index (Phi) is 5.19. The zero-order chi connectivity index (χ0) is 17.9. The van der Waals surface area contributed by atoms with E-state index in [-0.39, 0.29) is 10.7 Å². The molecule has 2 aromatic rings. The highest BCUT2D eigenvalue weighted by Crippen LogP contribution is 2.17. The van der Waals surface area contributed by atoms with Gasteiger partial charge in [-0.05, 0) is 43.3 Å². The van der Waals surface area contributed by atoms with Gasteiger partial charge in [-0.2, -0.15) is 0 Å². The maximum atomic E-state index is 12.4. The molecule has 0 unspecified atom stereocenters. The Hall–Kier alpha value is -2.19. The third kappa shape index (κ3) is 4.26. The van der Waals surface area contributed by atoms with Crippen molar-refractivity contribution < 1.29 is 8.42 Å². The number of aromatic nitrogens is 2. The lowest BCUT2D eigenvalue weighted by Gasteiger charge is -2.32. The maximum Gasteiger partial charge on any atom is 0.263 e. The van der Waals surface area contributed by atoms with Crippen LogP contribution in [0.4, 0.5) is 11.6 Å². The van der Waals surface area contributed by atoms with Gasteiger partial charge in [-0.25, -0.2) is 8.42 Å². The largest absolute Gasteiger partial charge is 0.353 e. The number of anilines is 2. The van der Waals surface area contributed by atoms with Crippen LogP contribution in [0.1, 0.15) is 12.5 Å². The number of likely N-dealkylation sites (N-methyl/N-ethyl adjacent to an activating group) is 1. The minimum Gasteiger partial charge on any atom is -0.353 e. The van der Waals surface area contributed by atoms with Gasteiger partial charge in [-0.3, -0.25) is 4.72 Å². The number of hydrogen-bond acceptors (Lipinski definition) is 6. The Bertz CT molecular complexity index is 798. The summed E-state index contributed by atoms with van der Waals surface area (Å²) in [6, 6.07) is 10.3. The molecule has 1 N–H and O–H groups in total. The number of sulfonamides is 1. The summed E-state index contributed by atoms with van der Waals surface area (Å²) in [4.78, 5) is 4.62. The van der Waals surface area contributed by atoms with E-state index in [0.29, 0.717) is 0 Å². The second-order valence-corrected chi connectivity index (χ2v) is 7.85. The summed E-state index contributed by atoms with van der Waals surface area (Å²) in [5.74, 6) is 0.987. The first kappa shape index (κ1) is 17.6. The van der Waals surface area contributed by atoms with Crippen LogP contribution in [0.5, 0.6) is 0 Å². The highest BCUT2D eigenvalue weighted by molar-refractivity contribution is 7.92. The van der Waals surface area contributed by atoms with Gasteiger partial charge >= 0.3 is 0 Å². The fraction of sp³-hybridized carbons (Fsp3) is 0.412. The van der Waals surface area contributed by atoms with Crippen molar-refractivity contribution in [3.05, 3.63) is 42.0 Å². The molecule has 0 bridgehead atoms. The molecule has 1 saturated heterocycles. The van der Waals surface area contributed by atoms with Crippen molar-refractivity contribution in [3.8, 4) is 0 Å². The van der Waals surface area contributed by atoms with Gasteiger partial charge in [0.1, 0.15) is 0 Å². The molecule has 0 spiro atoms. The topological polar surface area (TPSA) is 78.4 Å². The van der Waals surface area contributed by atoms with Crippen LogP contribution >= 0.6 is 0 Å². The summed E-state index contributed by atoms with van der Waals surface area (Å²) in [5, 5.41) is 8.18. The first-order valence-corrected chi connectivity index (χ1v) is 9.85. The third-order valence-corrected chi connectivity index (χ3v) is 5.73. The molecule has 25 heavy (non-hydrogen) atoms. The van der Waals surface area contributed by atoms with Crippen molar-refractivity contribution in [1.82, 2.24) is 15.1 Å². The average molecular weight is 361 g/mol. The Morgan fingerprint density at radius 3 is 2.24 bits per heavy atom. The molecule has 0 aliphatic carbocycles. The summed E-state index contributed by atoms with van der Waals surface area (Å²) in [7, 11) is -1.56. The van der Waals surface area contributed by atoms with Crippen LogP contribution in [0.15, 0.2) is 41.3 Å². The van der Waals surface area contributed by atoms with Crippen molar-refractivity contribution in [3.63, 3.8) is 0 Å². The van der Waals surface area contributed by atoms with Gasteiger partial charge in [0.05, 0.1) is 4.90 Å². The second kappa shape index (κ2) is 7.37. The molecule has 1 aliphatic rings. The second-order valence-electron chi connectivity index (χ2n) is 6.17. The van der Waals surface area contributed by atoms with Crippen LogP contribution < -0.4 is 9.62 Å². The minimum atomic E-state index is -3.66. The molecule has 1 fully saturated rings. The molecule has 3 rings (SSSR count). The SMILES string of the molecule is CCc1ccc(S(=O)(=O)Nc2ccc(N3CCN(C)CC3)nn2)cc1. The summed E-state index contributed by atoms with van der Waals surface area (Å²) in [6.07, 6.45) is 0.868. The first-order chi connectivity index (χ1) is 12.0. The molecule has 134 valence electrons. The Morgan fingerprint density at radius 2 is 1.68 bits per heavy atom. The van der Waals surface area contributed by atoms with Gasteiger partial charge < -0.3 is 9.80 Å². The molecule has 1 aromatic carbocycles. The smallest absolute Gasteiger partial charge is 0.263 e. The van der Waals surface area contributed by atoms with Gasteiger partial charge in [0, 0.05) is 26.2 Å². The van der Waals surface area contributed by atoms with Crippen LogP contribution in [0.2, 0.25) is 0 Å². The zero-order valence-electron chi connectivity index (χ0n) is 14.5. The van der Waals surface area contributed by atoms with E-state index in [1.165, 1.54) is 0 Å². The minimum absolute atomic E-state index is 0.217. The van der Waals surface area contributed by atoms with E-state index < -0.39 is 10.0 Å². The molecule has 0 saturated carbocycles. The van der Waals surface area contributed by atoms with Crippen molar-refractivity contribution in [2.45, 2.75) is 18.2 Å². The number of benzene rings is 1. The van der Waals surface area contributed by atoms with E-state index in [9.17, 15) is 8.42 Å². The van der Waals surface area contributed by atoms with E-state index in [4.69, 9.17) is 0 Å². The van der Waals surface area contributed by atoms with Crippen LogP contribution in [0.3, 0.4) is 0 Å². The maximum absolute atomic E-state index is 12.4. The summed E-state index contributed by atoms with van der Waals surface area (Å²) in [6.45, 7) is 5.76. The van der Waals surface area contributed by atoms with Crippen molar-refractivity contribution in [2.24, 2.45) is 0 Å². The molecule has 1 aliphatic heterocycles. The van der Waals surface area contributed by atoms with Gasteiger partial charge in [0.25, 0.3) is 10.0 Å². The summed E-state index contributed by atoms with van der Waals surface area (Å²) >= 11 is 0. The Balaban J connectivity index is 1.69. The molecule has 1 aromatic heterocycles. The van der Waals surface area contributed by atoms with E-state index in [0.717, 1.165) is 44.0 Å². The number of piperazine rings is 1. The summed E-state index contributed by atoms with van der Waals surface area (Å²) in [5.41, 5.74) is 1.09. The van der Waals surface area contributed by atoms with Crippen molar-refractivity contribution in [1.29, 1.82) is 0 Å². The quantitative estimate of drug-likeness (QED) is 0.871. The summed E-state index contributed by atoms with van der Waals surface area (Å²) < 4.78 is 27.3. The van der Waals surface area contributed by atoms with Gasteiger partial charge in [-0.1, -0.05) is 19.1 Å². The monoisotopic (exact) mass is 361 g/mol. The highest BCUT2D eigenvalue weighted by atomic mass is 32.2. The third-order valence-electron chi connectivity index (χ3n) is 4.36. The van der Waals surface area contributed by atoms with Gasteiger partial charge in [0.2, 0.25) is 0 Å². The normalized spacial score (nSPS) is 16.0. The average Bonchev–Trinajstić information content (AvgIpc) is 2.63. The van der Waals surface area contributed by atoms with Crippen molar-refractivity contribution >= 4 is 21.7 Å².